The van der Waals surface area contributed by atoms with Gasteiger partial charge in [-0.15, -0.1) is 11.6 Å². The standard InChI is InChI=1S/C7H10ClN3S/c8-6-1-2-11(4-6)5-7-3-9-12-10-7/h3,6H,1-2,4-5H2. The molecule has 2 heterocycles. The van der Waals surface area contributed by atoms with Crippen LogP contribution in [0, 0.1) is 0 Å². The average Bonchev–Trinajstić information content (AvgIpc) is 2.63. The Morgan fingerprint density at radius 2 is 2.67 bits per heavy atom. The Kier molecular flexibility index (Phi) is 2.58. The minimum Gasteiger partial charge on any atom is -0.296 e. The molecular weight excluding hydrogens is 194 g/mol. The summed E-state index contributed by atoms with van der Waals surface area (Å²) in [7, 11) is 0. The maximum Gasteiger partial charge on any atom is 0.0883 e. The topological polar surface area (TPSA) is 29.0 Å². The number of rotatable bonds is 2. The predicted octanol–water partition coefficient (Wildman–Crippen LogP) is 1.35. The molecule has 2 rings (SSSR count). The Balaban J connectivity index is 1.88. The third-order valence-electron chi connectivity index (χ3n) is 2.01. The Labute approximate surface area is 80.7 Å². The third-order valence-corrected chi connectivity index (χ3v) is 2.88. The van der Waals surface area contributed by atoms with Crippen LogP contribution >= 0.6 is 23.3 Å². The van der Waals surface area contributed by atoms with Crippen LogP contribution in [0.1, 0.15) is 12.1 Å². The van der Waals surface area contributed by atoms with Crippen LogP contribution in [0.2, 0.25) is 0 Å². The maximum atomic E-state index is 5.97. The zero-order valence-corrected chi connectivity index (χ0v) is 8.18. The van der Waals surface area contributed by atoms with Gasteiger partial charge in [0.15, 0.2) is 0 Å². The van der Waals surface area contributed by atoms with Crippen LogP contribution in [-0.2, 0) is 6.54 Å². The predicted molar refractivity (Wildman–Crippen MR) is 49.4 cm³/mol. The fourth-order valence-electron chi connectivity index (χ4n) is 1.41. The molecule has 0 aliphatic carbocycles. The van der Waals surface area contributed by atoms with Crippen LogP contribution in [0.25, 0.3) is 0 Å². The molecule has 1 atom stereocenters. The number of hydrogen-bond donors (Lipinski definition) is 0. The van der Waals surface area contributed by atoms with Crippen LogP contribution in [-0.4, -0.2) is 32.1 Å². The van der Waals surface area contributed by atoms with E-state index in [0.717, 1.165) is 31.7 Å². The summed E-state index contributed by atoms with van der Waals surface area (Å²) in [5, 5.41) is 0.330. The van der Waals surface area contributed by atoms with Gasteiger partial charge in [-0.2, -0.15) is 8.75 Å². The lowest BCUT2D eigenvalue weighted by Gasteiger charge is -2.11. The monoisotopic (exact) mass is 203 g/mol. The number of aromatic nitrogens is 2. The van der Waals surface area contributed by atoms with Gasteiger partial charge in [0, 0.05) is 25.0 Å². The normalized spacial score (nSPS) is 24.9. The second-order valence-electron chi connectivity index (χ2n) is 3.02. The molecule has 1 fully saturated rings. The molecule has 1 aromatic rings. The molecule has 1 aliphatic heterocycles. The van der Waals surface area contributed by atoms with E-state index in [9.17, 15) is 0 Å². The first-order chi connectivity index (χ1) is 5.84. The Morgan fingerprint density at radius 3 is 3.25 bits per heavy atom. The van der Waals surface area contributed by atoms with Gasteiger partial charge in [-0.25, -0.2) is 0 Å². The summed E-state index contributed by atoms with van der Waals surface area (Å²) in [6, 6.07) is 0. The van der Waals surface area contributed by atoms with Crippen molar-refractivity contribution in [1.82, 2.24) is 13.6 Å². The molecule has 12 heavy (non-hydrogen) atoms. The average molecular weight is 204 g/mol. The Morgan fingerprint density at radius 1 is 1.75 bits per heavy atom. The van der Waals surface area contributed by atoms with Crippen LogP contribution in [0.15, 0.2) is 6.20 Å². The van der Waals surface area contributed by atoms with Crippen molar-refractivity contribution in [2.45, 2.75) is 18.3 Å². The van der Waals surface area contributed by atoms with Crippen molar-refractivity contribution in [2.24, 2.45) is 0 Å². The van der Waals surface area contributed by atoms with E-state index < -0.39 is 0 Å². The first kappa shape index (κ1) is 8.41. The van der Waals surface area contributed by atoms with E-state index in [0.29, 0.717) is 5.38 Å². The maximum absolute atomic E-state index is 5.97. The largest absolute Gasteiger partial charge is 0.296 e. The Hall–Kier alpha value is -0.190. The molecule has 0 N–H and O–H groups in total. The van der Waals surface area contributed by atoms with Crippen LogP contribution in [0.3, 0.4) is 0 Å². The van der Waals surface area contributed by atoms with E-state index in [1.54, 1.807) is 0 Å². The number of alkyl halides is 1. The molecule has 0 bridgehead atoms. The van der Waals surface area contributed by atoms with Gasteiger partial charge < -0.3 is 0 Å². The van der Waals surface area contributed by atoms with Crippen molar-refractivity contribution >= 4 is 23.3 Å². The zero-order chi connectivity index (χ0) is 8.39. The van der Waals surface area contributed by atoms with Gasteiger partial charge in [0.2, 0.25) is 0 Å². The molecule has 0 radical (unpaired) electrons. The molecule has 1 aliphatic rings. The summed E-state index contributed by atoms with van der Waals surface area (Å²) in [6.07, 6.45) is 2.92. The van der Waals surface area contributed by atoms with Gasteiger partial charge in [0.05, 0.1) is 23.6 Å². The third kappa shape index (κ3) is 1.94. The van der Waals surface area contributed by atoms with E-state index in [-0.39, 0.29) is 0 Å². The number of hydrogen-bond acceptors (Lipinski definition) is 4. The SMILES string of the molecule is ClC1CCN(Cc2cnsn2)C1. The van der Waals surface area contributed by atoms with Gasteiger partial charge in [-0.3, -0.25) is 4.90 Å². The van der Waals surface area contributed by atoms with E-state index in [1.807, 2.05) is 6.20 Å². The minimum atomic E-state index is 0.330. The van der Waals surface area contributed by atoms with Gasteiger partial charge in [-0.1, -0.05) is 0 Å². The van der Waals surface area contributed by atoms with Gasteiger partial charge in [0.1, 0.15) is 0 Å². The molecule has 0 amide bonds. The molecule has 1 unspecified atom stereocenters. The fourth-order valence-corrected chi connectivity index (χ4v) is 2.13. The number of nitrogens with zero attached hydrogens (tertiary/aromatic N) is 3. The minimum absolute atomic E-state index is 0.330. The smallest absolute Gasteiger partial charge is 0.0883 e. The van der Waals surface area contributed by atoms with Gasteiger partial charge >= 0.3 is 0 Å². The molecule has 1 aromatic heterocycles. The number of likely N-dealkylation sites (tertiary alicyclic amines) is 1. The van der Waals surface area contributed by atoms with Crippen molar-refractivity contribution in [1.29, 1.82) is 0 Å². The van der Waals surface area contributed by atoms with Crippen LogP contribution in [0.5, 0.6) is 0 Å². The van der Waals surface area contributed by atoms with E-state index in [2.05, 4.69) is 13.6 Å². The highest BCUT2D eigenvalue weighted by Gasteiger charge is 2.20. The lowest BCUT2D eigenvalue weighted by atomic mass is 10.4. The van der Waals surface area contributed by atoms with E-state index in [4.69, 9.17) is 11.6 Å². The second-order valence-corrected chi connectivity index (χ2v) is 4.19. The van der Waals surface area contributed by atoms with Gasteiger partial charge in [0.25, 0.3) is 0 Å². The highest BCUT2D eigenvalue weighted by atomic mass is 35.5. The van der Waals surface area contributed by atoms with Crippen molar-refractivity contribution in [2.75, 3.05) is 13.1 Å². The summed E-state index contributed by atoms with van der Waals surface area (Å²) in [6.45, 7) is 2.98. The van der Waals surface area contributed by atoms with Crippen molar-refractivity contribution < 1.29 is 0 Å². The fraction of sp³-hybridized carbons (Fsp3) is 0.714. The lowest BCUT2D eigenvalue weighted by molar-refractivity contribution is 0.329. The quantitative estimate of drug-likeness (QED) is 0.680. The molecular formula is C7H10ClN3S. The molecule has 5 heteroatoms. The van der Waals surface area contributed by atoms with Crippen molar-refractivity contribution in [3.05, 3.63) is 11.9 Å². The lowest BCUT2D eigenvalue weighted by Crippen LogP contribution is -2.20. The van der Waals surface area contributed by atoms with Crippen molar-refractivity contribution in [3.63, 3.8) is 0 Å². The van der Waals surface area contributed by atoms with Crippen LogP contribution in [0.4, 0.5) is 0 Å². The highest BCUT2D eigenvalue weighted by Crippen LogP contribution is 2.16. The summed E-state index contributed by atoms with van der Waals surface area (Å²) in [4.78, 5) is 2.31. The van der Waals surface area contributed by atoms with Gasteiger partial charge in [-0.05, 0) is 6.42 Å². The molecule has 0 spiro atoms. The zero-order valence-electron chi connectivity index (χ0n) is 6.61. The molecule has 3 nitrogen and oxygen atoms in total. The Bertz CT molecular complexity index is 239. The summed E-state index contributed by atoms with van der Waals surface area (Å²) in [5.41, 5.74) is 1.06. The second kappa shape index (κ2) is 3.68. The highest BCUT2D eigenvalue weighted by molar-refractivity contribution is 6.99. The molecule has 0 aromatic carbocycles. The van der Waals surface area contributed by atoms with E-state index in [1.165, 1.54) is 11.7 Å². The van der Waals surface area contributed by atoms with Crippen molar-refractivity contribution in [3.8, 4) is 0 Å². The molecule has 0 saturated carbocycles. The summed E-state index contributed by atoms with van der Waals surface area (Å²) < 4.78 is 8.10. The summed E-state index contributed by atoms with van der Waals surface area (Å²) >= 11 is 7.24. The molecule has 1 saturated heterocycles. The summed E-state index contributed by atoms with van der Waals surface area (Å²) in [5.74, 6) is 0. The first-order valence-corrected chi connectivity index (χ1v) is 5.14. The molecule has 66 valence electrons. The van der Waals surface area contributed by atoms with Crippen LogP contribution < -0.4 is 0 Å². The number of halogens is 1. The van der Waals surface area contributed by atoms with E-state index >= 15 is 0 Å². The first-order valence-electron chi connectivity index (χ1n) is 3.97.